The average Bonchev–Trinajstić information content (AvgIpc) is 1.69. The van der Waals surface area contributed by atoms with E-state index in [0.29, 0.717) is 60.6 Å². The van der Waals surface area contributed by atoms with E-state index in [4.69, 9.17) is 78.3 Å². The van der Waals surface area contributed by atoms with Crippen LogP contribution < -0.4 is 62.8 Å². The van der Waals surface area contributed by atoms with Crippen molar-refractivity contribution in [2.24, 2.45) is 27.0 Å². The molecule has 556 valence electrons. The molecular weight excluding hydrogens is 1700 g/mol. The van der Waals surface area contributed by atoms with Gasteiger partial charge in [-0.1, -0.05) is 188 Å². The number of fused-ring (bicyclic) bond motifs is 5. The van der Waals surface area contributed by atoms with Gasteiger partial charge in [-0.15, -0.1) is 12.4 Å². The standard InChI is InChI=1S/C18H17ClN2O2.C17H16ClN3O2.C11H11ClN2O2.C10H9ClN2O2.C9H7ClN2O2.C7H7Br.CH3I.ClH.K.H3NO.H2O/c1-21-16-11-13(19)8-9-14(16)17(20-21)15(18(22)23-2)10-12-6-4-3-5-7-12;1-21-15-10-12(18)7-8-13(15)16(19-21)14(17(22)20-23)9-11-5-3-2-4-6-11;1-14-10-5-7(12)3-4-8(10)9(13-14)6-11(15)16-2;1-15-10(14)5-9-7-3-2-6(11)4-8(7)12-13-9;10-5-1-2-6-7(3-5)11-12-8(6)4-9(13)14;8-6-7-4-2-1-3-5-7;1-2;;;1-2;/h3-9,11,15H,10H2,1-2H3;2-8,10,14,23H,9H2,1H3,(H,20,22);3-5H,6H2,1-2H3;2-4H,5H2,1H3,(H,12,13);1-3H,4H2,(H,11,12)(H,13,14);1-5H,6H2;1H3;1H;;2H,1H2;1H2/q;;;;;;;;+1;;/p-1. The number of ether oxygens (including phenoxy) is 3. The quantitative estimate of drug-likeness (QED) is 0.00953. The van der Waals surface area contributed by atoms with Crippen molar-refractivity contribution in [1.29, 1.82) is 0 Å². The van der Waals surface area contributed by atoms with Crippen LogP contribution in [0.25, 0.3) is 54.5 Å². The van der Waals surface area contributed by atoms with Crippen molar-refractivity contribution < 1.29 is 111 Å². The van der Waals surface area contributed by atoms with Crippen LogP contribution in [0.2, 0.25) is 25.1 Å². The SMILES string of the molecule is BrCc1ccccc1.CI.COC(=O)C(Cc1ccccc1)c1nn(C)c2cc(Cl)ccc12.COC(=O)Cc1[nH]nc2cc(Cl)ccc12.COC(=O)Cc1nn(C)c2cc(Cl)ccc12.Cl.Cn1nc(C(Cc2ccccc2)C(=O)NO)c2ccc(Cl)cc21.NO.O=C(O)Cc1[nH]nc2cc(Cl)ccc12.[K+].[OH-]. The number of carbonyl (C=O) groups excluding carboxylic acids is 4. The van der Waals surface area contributed by atoms with Crippen LogP contribution in [0, 0.1) is 0 Å². The summed E-state index contributed by atoms with van der Waals surface area (Å²) in [6, 6.07) is 56.8. The van der Waals surface area contributed by atoms with Crippen LogP contribution in [-0.2, 0) is 96.8 Å². The minimum atomic E-state index is -0.884. The van der Waals surface area contributed by atoms with E-state index < -0.39 is 23.7 Å². The first-order valence-electron chi connectivity index (χ1n) is 30.9. The molecule has 13 aromatic rings. The second kappa shape index (κ2) is 47.6. The van der Waals surface area contributed by atoms with Gasteiger partial charge in [0.05, 0.1) is 103 Å². The molecule has 0 saturated heterocycles. The number of nitrogens with zero attached hydrogens (tertiary/aromatic N) is 8. The Balaban J connectivity index is 0.000000332. The molecule has 2 atom stereocenters. The molecule has 0 fully saturated rings. The molecule has 8 aromatic carbocycles. The van der Waals surface area contributed by atoms with Crippen molar-refractivity contribution in [3.63, 3.8) is 0 Å². The van der Waals surface area contributed by atoms with E-state index in [2.05, 4.69) is 102 Å². The molecule has 0 spiro atoms. The molecule has 33 heteroatoms. The fraction of sp³-hybridized carbons (Fsp3) is 0.205. The second-order valence-corrected chi connectivity index (χ2v) is 24.7. The van der Waals surface area contributed by atoms with Crippen molar-refractivity contribution in [2.45, 2.75) is 49.3 Å². The summed E-state index contributed by atoms with van der Waals surface area (Å²) < 4.78 is 19.4. The smallest absolute Gasteiger partial charge is 0.870 e. The van der Waals surface area contributed by atoms with Gasteiger partial charge in [0.15, 0.2) is 0 Å². The third-order valence-corrected chi connectivity index (χ3v) is 17.1. The molecule has 2 unspecified atom stereocenters. The van der Waals surface area contributed by atoms with E-state index in [0.717, 1.165) is 76.8 Å². The van der Waals surface area contributed by atoms with Gasteiger partial charge in [-0.25, -0.2) is 11.4 Å². The number of hydroxylamine groups is 1. The Morgan fingerprint density at radius 1 is 0.509 bits per heavy atom. The number of benzene rings is 8. The number of halogens is 8. The number of aliphatic carboxylic acids is 1. The number of nitrogens with one attached hydrogen (secondary N) is 3. The van der Waals surface area contributed by atoms with Gasteiger partial charge in [0.2, 0.25) is 0 Å². The van der Waals surface area contributed by atoms with E-state index in [1.54, 1.807) is 69.0 Å². The van der Waals surface area contributed by atoms with Gasteiger partial charge in [-0.3, -0.25) is 53.4 Å². The Hall–Kier alpha value is -7.11. The van der Waals surface area contributed by atoms with E-state index in [1.807, 2.05) is 146 Å². The first kappa shape index (κ1) is 93.1. The molecule has 106 heavy (non-hydrogen) atoms. The van der Waals surface area contributed by atoms with Gasteiger partial charge >= 0.3 is 75.3 Å². The van der Waals surface area contributed by atoms with Crippen molar-refractivity contribution in [3.8, 4) is 0 Å². The van der Waals surface area contributed by atoms with Crippen LogP contribution in [0.1, 0.15) is 57.0 Å². The topological polar surface area (TPSA) is 353 Å². The second-order valence-electron chi connectivity index (χ2n) is 22.0. The fourth-order valence-electron chi connectivity index (χ4n) is 10.5. The maximum atomic E-state index is 12.3. The van der Waals surface area contributed by atoms with E-state index in [-0.39, 0.29) is 106 Å². The molecule has 0 aliphatic heterocycles. The molecule has 13 rings (SSSR count). The number of methoxy groups -OCH3 is 3. The molecule has 0 saturated carbocycles. The van der Waals surface area contributed by atoms with Gasteiger partial charge in [0.25, 0.3) is 5.91 Å². The number of carbonyl (C=O) groups is 5. The molecule has 1 amide bonds. The van der Waals surface area contributed by atoms with E-state index in [1.165, 1.54) is 26.9 Å². The first-order valence-corrected chi connectivity index (χ1v) is 36.1. The number of rotatable bonds is 15. The maximum Gasteiger partial charge on any atom is 1.00 e. The Morgan fingerprint density at radius 3 is 1.25 bits per heavy atom. The number of alkyl halides is 2. The van der Waals surface area contributed by atoms with Crippen LogP contribution in [0.5, 0.6) is 0 Å². The zero-order valence-corrected chi connectivity index (χ0v) is 69.9. The summed E-state index contributed by atoms with van der Waals surface area (Å²) >= 11 is 35.1. The number of carboxylic acid groups (broad SMARTS) is 1. The zero-order valence-electron chi connectivity index (χ0n) is 58.5. The Bertz CT molecular complexity index is 4800. The monoisotopic (exact) mass is 1770 g/mol. The Labute approximate surface area is 706 Å². The third-order valence-electron chi connectivity index (χ3n) is 15.3. The van der Waals surface area contributed by atoms with Crippen LogP contribution in [0.4, 0.5) is 0 Å². The number of aryl methyl sites for hydroxylation is 3. The van der Waals surface area contributed by atoms with Crippen molar-refractivity contribution in [2.75, 3.05) is 26.3 Å². The van der Waals surface area contributed by atoms with Crippen molar-refractivity contribution >= 4 is 193 Å². The predicted octanol–water partition coefficient (Wildman–Crippen LogP) is 12.7. The Morgan fingerprint density at radius 2 is 0.858 bits per heavy atom. The molecule has 5 heterocycles. The van der Waals surface area contributed by atoms with Gasteiger partial charge in [0.1, 0.15) is 5.92 Å². The molecule has 0 bridgehead atoms. The molecule has 9 N–H and O–H groups in total. The number of hydrogen-bond donors (Lipinski definition) is 7. The average molecular weight is 1770 g/mol. The van der Waals surface area contributed by atoms with Crippen LogP contribution in [0.3, 0.4) is 0 Å². The summed E-state index contributed by atoms with van der Waals surface area (Å²) in [5.74, 6) is 0.211. The molecule has 0 aliphatic carbocycles. The number of hydrogen-bond acceptors (Lipinski definition) is 17. The molecular formula is C73H75BrCl6IKN12O12. The fourth-order valence-corrected chi connectivity index (χ4v) is 11.7. The summed E-state index contributed by atoms with van der Waals surface area (Å²) in [6.07, 6.45) is 1.30. The molecule has 5 aromatic heterocycles. The van der Waals surface area contributed by atoms with Gasteiger partial charge in [-0.05, 0) is 125 Å². The number of aromatic nitrogens is 10. The van der Waals surface area contributed by atoms with Crippen LogP contribution >= 0.6 is 109 Å². The van der Waals surface area contributed by atoms with Crippen molar-refractivity contribution in [1.82, 2.24) is 55.2 Å². The maximum absolute atomic E-state index is 12.3. The number of aromatic amines is 2. The summed E-state index contributed by atoms with van der Waals surface area (Å²) in [5.41, 5.74) is 12.6. The number of H-pyrrole nitrogens is 2. The van der Waals surface area contributed by atoms with Crippen LogP contribution in [0.15, 0.2) is 182 Å². The molecule has 0 aliphatic rings. The van der Waals surface area contributed by atoms with E-state index >= 15 is 0 Å². The summed E-state index contributed by atoms with van der Waals surface area (Å²) in [4.78, 5) is 59.3. The summed E-state index contributed by atoms with van der Waals surface area (Å²) in [7, 11) is 9.60. The summed E-state index contributed by atoms with van der Waals surface area (Å²) in [6.45, 7) is 0. The van der Waals surface area contributed by atoms with E-state index in [9.17, 15) is 24.0 Å². The minimum Gasteiger partial charge on any atom is -0.870 e. The largest absolute Gasteiger partial charge is 1.00 e. The minimum absolute atomic E-state index is 0. The molecule has 24 nitrogen and oxygen atoms in total. The van der Waals surface area contributed by atoms with Gasteiger partial charge in [-0.2, -0.15) is 25.5 Å². The van der Waals surface area contributed by atoms with Gasteiger partial charge < -0.3 is 30.0 Å². The molecule has 0 radical (unpaired) electrons. The zero-order chi connectivity index (χ0) is 75.3. The first-order chi connectivity index (χ1) is 49.6. The Kier molecular flexibility index (Phi) is 41.8. The van der Waals surface area contributed by atoms with Crippen molar-refractivity contribution in [3.05, 3.63) is 252 Å². The predicted molar refractivity (Wildman–Crippen MR) is 424 cm³/mol. The number of carboxylic acids is 1. The number of amides is 1. The van der Waals surface area contributed by atoms with Gasteiger partial charge in [0, 0.05) is 78.5 Å². The normalized spacial score (nSPS) is 10.7. The third kappa shape index (κ3) is 26.9. The van der Waals surface area contributed by atoms with Crippen LogP contribution in [-0.4, -0.2) is 127 Å². The number of esters is 3. The number of nitrogens with two attached hydrogens (primary N) is 1. The summed E-state index contributed by atoms with van der Waals surface area (Å²) in [5, 5.41) is 59.5.